The number of nitro groups is 1. The number of nitrogens with one attached hydrogen (secondary N) is 1. The van der Waals surface area contributed by atoms with E-state index in [2.05, 4.69) is 11.4 Å². The summed E-state index contributed by atoms with van der Waals surface area (Å²) in [6.45, 7) is 0.606. The molecule has 1 aliphatic rings. The molecule has 0 radical (unpaired) electrons. The predicted octanol–water partition coefficient (Wildman–Crippen LogP) is 3.00. The molecule has 1 aromatic rings. The summed E-state index contributed by atoms with van der Waals surface area (Å²) in [6, 6.07) is 4.12. The first-order valence-electron chi connectivity index (χ1n) is 7.08. The molecular weight excluding hydrogens is 270 g/mol. The third-order valence-electron chi connectivity index (χ3n) is 3.62. The van der Waals surface area contributed by atoms with Crippen molar-refractivity contribution < 1.29 is 9.72 Å². The lowest BCUT2D eigenvalue weighted by atomic mass is 9.97. The molecule has 1 aliphatic carbocycles. The van der Waals surface area contributed by atoms with Gasteiger partial charge in [0.05, 0.1) is 4.92 Å². The van der Waals surface area contributed by atoms with Gasteiger partial charge in [-0.05, 0) is 44.2 Å². The monoisotopic (exact) mass is 289 g/mol. The molecule has 0 spiro atoms. The van der Waals surface area contributed by atoms with E-state index in [4.69, 9.17) is 5.73 Å². The fourth-order valence-electron chi connectivity index (χ4n) is 2.48. The van der Waals surface area contributed by atoms with Gasteiger partial charge in [0.25, 0.3) is 5.69 Å². The van der Waals surface area contributed by atoms with Crippen LogP contribution >= 0.6 is 0 Å². The fraction of sp³-hybridized carbons (Fsp3) is 0.400. The van der Waals surface area contributed by atoms with Crippen LogP contribution in [-0.4, -0.2) is 17.4 Å². The van der Waals surface area contributed by atoms with E-state index in [9.17, 15) is 14.9 Å². The van der Waals surface area contributed by atoms with E-state index in [-0.39, 0.29) is 11.3 Å². The molecule has 0 atom stereocenters. The Morgan fingerprint density at radius 3 is 2.81 bits per heavy atom. The second-order valence-electron chi connectivity index (χ2n) is 5.14. The van der Waals surface area contributed by atoms with Gasteiger partial charge in [-0.2, -0.15) is 0 Å². The maximum absolute atomic E-state index is 11.2. The van der Waals surface area contributed by atoms with E-state index in [1.54, 1.807) is 0 Å². The first-order valence-corrected chi connectivity index (χ1v) is 7.08. The number of anilines is 1. The SMILES string of the molecule is NC(=O)c1ccc([N+](=O)[O-])c(NCCC2=CCCCC2)c1. The second kappa shape index (κ2) is 6.88. The highest BCUT2D eigenvalue weighted by Gasteiger charge is 2.15. The van der Waals surface area contributed by atoms with Crippen LogP contribution in [0.5, 0.6) is 0 Å². The Balaban J connectivity index is 2.06. The number of rotatable bonds is 6. The zero-order chi connectivity index (χ0) is 15.2. The van der Waals surface area contributed by atoms with Crippen molar-refractivity contribution >= 4 is 17.3 Å². The first kappa shape index (κ1) is 15.0. The van der Waals surface area contributed by atoms with Gasteiger partial charge in [-0.25, -0.2) is 0 Å². The number of nitrogens with zero attached hydrogens (tertiary/aromatic N) is 1. The Bertz CT molecular complexity index is 582. The number of carbonyl (C=O) groups is 1. The van der Waals surface area contributed by atoms with Gasteiger partial charge in [-0.15, -0.1) is 0 Å². The van der Waals surface area contributed by atoms with Crippen LogP contribution in [0.4, 0.5) is 11.4 Å². The van der Waals surface area contributed by atoms with E-state index < -0.39 is 10.8 Å². The van der Waals surface area contributed by atoms with Crippen LogP contribution in [0, 0.1) is 10.1 Å². The van der Waals surface area contributed by atoms with Crippen molar-refractivity contribution in [2.75, 3.05) is 11.9 Å². The van der Waals surface area contributed by atoms with Crippen LogP contribution in [-0.2, 0) is 0 Å². The number of amides is 1. The number of benzene rings is 1. The lowest BCUT2D eigenvalue weighted by molar-refractivity contribution is -0.384. The number of hydrogen-bond acceptors (Lipinski definition) is 4. The highest BCUT2D eigenvalue weighted by molar-refractivity contribution is 5.94. The molecule has 0 saturated carbocycles. The van der Waals surface area contributed by atoms with Gasteiger partial charge in [-0.1, -0.05) is 11.6 Å². The predicted molar refractivity (Wildman–Crippen MR) is 81.3 cm³/mol. The first-order chi connectivity index (χ1) is 10.1. The Hall–Kier alpha value is -2.37. The molecule has 112 valence electrons. The number of nitrogens with two attached hydrogens (primary N) is 1. The summed E-state index contributed by atoms with van der Waals surface area (Å²) in [6.07, 6.45) is 7.78. The average Bonchev–Trinajstić information content (AvgIpc) is 2.48. The van der Waals surface area contributed by atoms with Gasteiger partial charge in [0.15, 0.2) is 0 Å². The minimum absolute atomic E-state index is 0.0439. The molecule has 6 heteroatoms. The van der Waals surface area contributed by atoms with Crippen LogP contribution in [0.25, 0.3) is 0 Å². The molecule has 0 aliphatic heterocycles. The van der Waals surface area contributed by atoms with Crippen molar-refractivity contribution in [1.82, 2.24) is 0 Å². The summed E-state index contributed by atoms with van der Waals surface area (Å²) in [5, 5.41) is 14.1. The summed E-state index contributed by atoms with van der Waals surface area (Å²) >= 11 is 0. The summed E-state index contributed by atoms with van der Waals surface area (Å²) in [5.41, 5.74) is 7.16. The van der Waals surface area contributed by atoms with Crippen molar-refractivity contribution in [1.29, 1.82) is 0 Å². The molecule has 0 bridgehead atoms. The highest BCUT2D eigenvalue weighted by Crippen LogP contribution is 2.26. The number of hydrogen-bond donors (Lipinski definition) is 2. The summed E-state index contributed by atoms with van der Waals surface area (Å²) in [4.78, 5) is 21.7. The van der Waals surface area contributed by atoms with Crippen LogP contribution < -0.4 is 11.1 Å². The van der Waals surface area contributed by atoms with E-state index >= 15 is 0 Å². The lowest BCUT2D eigenvalue weighted by Gasteiger charge is -2.13. The average molecular weight is 289 g/mol. The molecule has 2 rings (SSSR count). The van der Waals surface area contributed by atoms with Gasteiger partial charge < -0.3 is 11.1 Å². The van der Waals surface area contributed by atoms with E-state index in [1.807, 2.05) is 0 Å². The van der Waals surface area contributed by atoms with Crippen molar-refractivity contribution in [2.45, 2.75) is 32.1 Å². The maximum Gasteiger partial charge on any atom is 0.292 e. The van der Waals surface area contributed by atoms with Gasteiger partial charge in [0.1, 0.15) is 5.69 Å². The number of primary amides is 1. The Labute approximate surface area is 123 Å². The van der Waals surface area contributed by atoms with Crippen LogP contribution in [0.15, 0.2) is 29.8 Å². The molecule has 3 N–H and O–H groups in total. The van der Waals surface area contributed by atoms with E-state index in [0.29, 0.717) is 12.2 Å². The standard InChI is InChI=1S/C15H19N3O3/c16-15(19)12-6-7-14(18(20)21)13(10-12)17-9-8-11-4-2-1-3-5-11/h4,6-7,10,17H,1-3,5,8-9H2,(H2,16,19). The summed E-state index contributed by atoms with van der Waals surface area (Å²) in [5.74, 6) is -0.595. The maximum atomic E-state index is 11.2. The zero-order valence-electron chi connectivity index (χ0n) is 11.8. The van der Waals surface area contributed by atoms with E-state index in [1.165, 1.54) is 36.6 Å². The lowest BCUT2D eigenvalue weighted by Crippen LogP contribution is -2.12. The molecule has 21 heavy (non-hydrogen) atoms. The van der Waals surface area contributed by atoms with Crippen LogP contribution in [0.1, 0.15) is 42.5 Å². The smallest absolute Gasteiger partial charge is 0.292 e. The topological polar surface area (TPSA) is 98.3 Å². The molecular formula is C15H19N3O3. The van der Waals surface area contributed by atoms with Crippen LogP contribution in [0.2, 0.25) is 0 Å². The number of nitro benzene ring substituents is 1. The van der Waals surface area contributed by atoms with Crippen LogP contribution in [0.3, 0.4) is 0 Å². The van der Waals surface area contributed by atoms with Gasteiger partial charge in [-0.3, -0.25) is 14.9 Å². The van der Waals surface area contributed by atoms with Crippen molar-refractivity contribution in [3.8, 4) is 0 Å². The summed E-state index contributed by atoms with van der Waals surface area (Å²) in [7, 11) is 0. The van der Waals surface area contributed by atoms with E-state index in [0.717, 1.165) is 19.3 Å². The van der Waals surface area contributed by atoms with Gasteiger partial charge in [0, 0.05) is 18.2 Å². The van der Waals surface area contributed by atoms with Gasteiger partial charge >= 0.3 is 0 Å². The molecule has 1 aromatic carbocycles. The second-order valence-corrected chi connectivity index (χ2v) is 5.14. The van der Waals surface area contributed by atoms with Gasteiger partial charge in [0.2, 0.25) is 5.91 Å². The number of allylic oxidation sites excluding steroid dienone is 1. The molecule has 6 nitrogen and oxygen atoms in total. The quantitative estimate of drug-likeness (QED) is 0.477. The van der Waals surface area contributed by atoms with Crippen molar-refractivity contribution in [2.24, 2.45) is 5.73 Å². The molecule has 0 saturated heterocycles. The molecule has 0 heterocycles. The molecule has 0 aromatic heterocycles. The van der Waals surface area contributed by atoms with Crippen molar-refractivity contribution in [3.63, 3.8) is 0 Å². The Kier molecular flexibility index (Phi) is 4.92. The third-order valence-corrected chi connectivity index (χ3v) is 3.62. The fourth-order valence-corrected chi connectivity index (χ4v) is 2.48. The largest absolute Gasteiger partial charge is 0.379 e. The van der Waals surface area contributed by atoms with Crippen molar-refractivity contribution in [3.05, 3.63) is 45.5 Å². The number of carbonyl (C=O) groups excluding carboxylic acids is 1. The molecule has 1 amide bonds. The summed E-state index contributed by atoms with van der Waals surface area (Å²) < 4.78 is 0. The molecule has 0 fully saturated rings. The Morgan fingerprint density at radius 2 is 2.19 bits per heavy atom. The minimum atomic E-state index is -0.595. The normalized spacial score (nSPS) is 14.4. The molecule has 0 unspecified atom stereocenters. The zero-order valence-corrected chi connectivity index (χ0v) is 11.8. The Morgan fingerprint density at radius 1 is 1.38 bits per heavy atom. The third kappa shape index (κ3) is 4.05. The highest BCUT2D eigenvalue weighted by atomic mass is 16.6. The minimum Gasteiger partial charge on any atom is -0.379 e.